The SMILES string of the molecule is COc1cc(NC(=O)CN2CCN(c3cccc(Cl)c3)CC2)cc(OC)c1. The summed E-state index contributed by atoms with van der Waals surface area (Å²) < 4.78 is 10.5. The van der Waals surface area contributed by atoms with Gasteiger partial charge in [0.2, 0.25) is 5.91 Å². The minimum Gasteiger partial charge on any atom is -0.497 e. The molecule has 1 amide bonds. The lowest BCUT2D eigenvalue weighted by atomic mass is 10.2. The number of methoxy groups -OCH3 is 2. The molecular formula is C20H24ClN3O3. The third kappa shape index (κ3) is 5.28. The van der Waals surface area contributed by atoms with Gasteiger partial charge < -0.3 is 19.7 Å². The van der Waals surface area contributed by atoms with Crippen LogP contribution in [0.3, 0.4) is 0 Å². The van der Waals surface area contributed by atoms with Crippen LogP contribution in [0.5, 0.6) is 11.5 Å². The lowest BCUT2D eigenvalue weighted by Crippen LogP contribution is -2.48. The highest BCUT2D eigenvalue weighted by atomic mass is 35.5. The Labute approximate surface area is 164 Å². The second-order valence-corrected chi connectivity index (χ2v) is 6.83. The molecule has 2 aromatic carbocycles. The highest BCUT2D eigenvalue weighted by Gasteiger charge is 2.19. The molecule has 0 radical (unpaired) electrons. The Morgan fingerprint density at radius 2 is 1.70 bits per heavy atom. The molecule has 6 nitrogen and oxygen atoms in total. The minimum absolute atomic E-state index is 0.0542. The Morgan fingerprint density at radius 1 is 1.04 bits per heavy atom. The van der Waals surface area contributed by atoms with Crippen molar-refractivity contribution in [3.63, 3.8) is 0 Å². The number of carbonyl (C=O) groups is 1. The average molecular weight is 390 g/mol. The van der Waals surface area contributed by atoms with Crippen LogP contribution in [0.4, 0.5) is 11.4 Å². The number of ether oxygens (including phenoxy) is 2. The molecule has 1 N–H and O–H groups in total. The molecule has 1 heterocycles. The van der Waals surface area contributed by atoms with Gasteiger partial charge in [-0.15, -0.1) is 0 Å². The molecule has 0 bridgehead atoms. The number of amides is 1. The zero-order valence-electron chi connectivity index (χ0n) is 15.6. The van der Waals surface area contributed by atoms with Gasteiger partial charge in [-0.2, -0.15) is 0 Å². The molecule has 2 aromatic rings. The molecule has 0 aliphatic carbocycles. The van der Waals surface area contributed by atoms with E-state index >= 15 is 0 Å². The van der Waals surface area contributed by atoms with Gasteiger partial charge >= 0.3 is 0 Å². The van der Waals surface area contributed by atoms with Crippen molar-refractivity contribution in [3.8, 4) is 11.5 Å². The van der Waals surface area contributed by atoms with Crippen molar-refractivity contribution < 1.29 is 14.3 Å². The summed E-state index contributed by atoms with van der Waals surface area (Å²) in [4.78, 5) is 16.8. The largest absolute Gasteiger partial charge is 0.497 e. The van der Waals surface area contributed by atoms with Crippen molar-refractivity contribution in [3.05, 3.63) is 47.5 Å². The van der Waals surface area contributed by atoms with Gasteiger partial charge in [0.1, 0.15) is 11.5 Å². The van der Waals surface area contributed by atoms with Gasteiger partial charge in [0.25, 0.3) is 0 Å². The first-order valence-electron chi connectivity index (χ1n) is 8.83. The molecule has 1 fully saturated rings. The molecule has 1 aliphatic rings. The normalized spacial score (nSPS) is 14.7. The summed E-state index contributed by atoms with van der Waals surface area (Å²) in [5.74, 6) is 1.22. The molecule has 0 spiro atoms. The van der Waals surface area contributed by atoms with Gasteiger partial charge in [0.05, 0.1) is 20.8 Å². The van der Waals surface area contributed by atoms with E-state index in [-0.39, 0.29) is 5.91 Å². The molecule has 0 unspecified atom stereocenters. The zero-order valence-corrected chi connectivity index (χ0v) is 16.3. The van der Waals surface area contributed by atoms with Crippen LogP contribution in [0, 0.1) is 0 Å². The third-order valence-corrected chi connectivity index (χ3v) is 4.78. The van der Waals surface area contributed by atoms with Crippen LogP contribution in [-0.2, 0) is 4.79 Å². The van der Waals surface area contributed by atoms with Gasteiger partial charge in [-0.1, -0.05) is 17.7 Å². The van der Waals surface area contributed by atoms with Gasteiger partial charge in [0.15, 0.2) is 0 Å². The fourth-order valence-electron chi connectivity index (χ4n) is 3.12. The molecule has 7 heteroatoms. The Morgan fingerprint density at radius 3 is 2.30 bits per heavy atom. The Balaban J connectivity index is 1.52. The Hall–Kier alpha value is -2.44. The molecule has 0 aromatic heterocycles. The predicted molar refractivity (Wildman–Crippen MR) is 108 cm³/mol. The van der Waals surface area contributed by atoms with E-state index in [0.717, 1.165) is 36.9 Å². The Bertz CT molecular complexity index is 770. The molecule has 0 saturated carbocycles. The van der Waals surface area contributed by atoms with Crippen LogP contribution in [0.25, 0.3) is 0 Å². The van der Waals surface area contributed by atoms with Crippen molar-refractivity contribution in [2.45, 2.75) is 0 Å². The highest BCUT2D eigenvalue weighted by Crippen LogP contribution is 2.26. The fourth-order valence-corrected chi connectivity index (χ4v) is 3.30. The van der Waals surface area contributed by atoms with E-state index in [1.165, 1.54) is 0 Å². The number of piperazine rings is 1. The van der Waals surface area contributed by atoms with E-state index in [9.17, 15) is 4.79 Å². The van der Waals surface area contributed by atoms with Crippen LogP contribution >= 0.6 is 11.6 Å². The molecule has 3 rings (SSSR count). The lowest BCUT2D eigenvalue weighted by molar-refractivity contribution is -0.117. The first-order valence-corrected chi connectivity index (χ1v) is 9.21. The predicted octanol–water partition coefficient (Wildman–Crippen LogP) is 3.12. The first-order chi connectivity index (χ1) is 13.1. The third-order valence-electron chi connectivity index (χ3n) is 4.55. The van der Waals surface area contributed by atoms with E-state index in [4.69, 9.17) is 21.1 Å². The number of nitrogens with zero attached hydrogens (tertiary/aromatic N) is 2. The summed E-state index contributed by atoms with van der Waals surface area (Å²) in [5.41, 5.74) is 1.78. The second-order valence-electron chi connectivity index (χ2n) is 6.39. The van der Waals surface area contributed by atoms with Gasteiger partial charge in [-0.3, -0.25) is 9.69 Å². The maximum Gasteiger partial charge on any atom is 0.238 e. The zero-order chi connectivity index (χ0) is 19.2. The van der Waals surface area contributed by atoms with E-state index < -0.39 is 0 Å². The first kappa shape index (κ1) is 19.3. The van der Waals surface area contributed by atoms with Gasteiger partial charge in [-0.25, -0.2) is 0 Å². The summed E-state index contributed by atoms with van der Waals surface area (Å²) in [6.07, 6.45) is 0. The summed E-state index contributed by atoms with van der Waals surface area (Å²) in [6, 6.07) is 13.2. The molecule has 27 heavy (non-hydrogen) atoms. The summed E-state index contributed by atoms with van der Waals surface area (Å²) >= 11 is 6.07. The van der Waals surface area contributed by atoms with Crippen molar-refractivity contribution in [1.29, 1.82) is 0 Å². The summed E-state index contributed by atoms with van der Waals surface area (Å²) in [6.45, 7) is 3.72. The number of anilines is 2. The van der Waals surface area contributed by atoms with E-state index in [1.807, 2.05) is 18.2 Å². The highest BCUT2D eigenvalue weighted by molar-refractivity contribution is 6.30. The molecular weight excluding hydrogens is 366 g/mol. The van der Waals surface area contributed by atoms with Crippen molar-refractivity contribution >= 4 is 28.9 Å². The second kappa shape index (κ2) is 8.97. The maximum atomic E-state index is 12.4. The standard InChI is InChI=1S/C20H24ClN3O3/c1-26-18-11-16(12-19(13-18)27-2)22-20(25)14-23-6-8-24(9-7-23)17-5-3-4-15(21)10-17/h3-5,10-13H,6-9,14H2,1-2H3,(H,22,25). The number of hydrogen-bond acceptors (Lipinski definition) is 5. The van der Waals surface area contributed by atoms with Crippen LogP contribution in [0.1, 0.15) is 0 Å². The van der Waals surface area contributed by atoms with Crippen LogP contribution in [0.2, 0.25) is 5.02 Å². The van der Waals surface area contributed by atoms with Gasteiger partial charge in [-0.05, 0) is 18.2 Å². The molecule has 144 valence electrons. The number of benzene rings is 2. The number of halogens is 1. The van der Waals surface area contributed by atoms with Gasteiger partial charge in [0, 0.05) is 60.8 Å². The number of hydrogen-bond donors (Lipinski definition) is 1. The fraction of sp³-hybridized carbons (Fsp3) is 0.350. The van der Waals surface area contributed by atoms with E-state index in [2.05, 4.69) is 21.2 Å². The molecule has 1 saturated heterocycles. The van der Waals surface area contributed by atoms with Crippen molar-refractivity contribution in [2.75, 3.05) is 57.2 Å². The van der Waals surface area contributed by atoms with E-state index in [0.29, 0.717) is 23.7 Å². The van der Waals surface area contributed by atoms with Crippen molar-refractivity contribution in [1.82, 2.24) is 4.90 Å². The summed E-state index contributed by atoms with van der Waals surface area (Å²) in [7, 11) is 3.17. The summed E-state index contributed by atoms with van der Waals surface area (Å²) in [5, 5.41) is 3.66. The van der Waals surface area contributed by atoms with Crippen LogP contribution in [0.15, 0.2) is 42.5 Å². The average Bonchev–Trinajstić information content (AvgIpc) is 2.68. The number of rotatable bonds is 6. The van der Waals surface area contributed by atoms with Crippen molar-refractivity contribution in [2.24, 2.45) is 0 Å². The number of carbonyl (C=O) groups excluding carboxylic acids is 1. The lowest BCUT2D eigenvalue weighted by Gasteiger charge is -2.35. The minimum atomic E-state index is -0.0542. The quantitative estimate of drug-likeness (QED) is 0.822. The van der Waals surface area contributed by atoms with Crippen LogP contribution < -0.4 is 19.7 Å². The van der Waals surface area contributed by atoms with Crippen LogP contribution in [-0.4, -0.2) is 57.8 Å². The van der Waals surface area contributed by atoms with E-state index in [1.54, 1.807) is 32.4 Å². The molecule has 1 aliphatic heterocycles. The smallest absolute Gasteiger partial charge is 0.238 e. The Kier molecular flexibility index (Phi) is 6.42. The monoisotopic (exact) mass is 389 g/mol. The maximum absolute atomic E-state index is 12.4. The number of nitrogens with one attached hydrogen (secondary N) is 1. The topological polar surface area (TPSA) is 54.0 Å². The molecule has 0 atom stereocenters.